The van der Waals surface area contributed by atoms with E-state index < -0.39 is 0 Å². The molecule has 1 saturated heterocycles. The van der Waals surface area contributed by atoms with Gasteiger partial charge in [-0.3, -0.25) is 0 Å². The molecule has 0 atom stereocenters. The van der Waals surface area contributed by atoms with Gasteiger partial charge in [-0.1, -0.05) is 0 Å². The SMILES string of the molecule is COc1ccc(OCCN(C)C)c(N2CCNCC2)c1. The van der Waals surface area contributed by atoms with Crippen LogP contribution in [0.3, 0.4) is 0 Å². The van der Waals surface area contributed by atoms with Crippen molar-refractivity contribution in [2.45, 2.75) is 0 Å². The highest BCUT2D eigenvalue weighted by Gasteiger charge is 2.16. The van der Waals surface area contributed by atoms with Gasteiger partial charge in [0.15, 0.2) is 0 Å². The molecule has 0 unspecified atom stereocenters. The predicted octanol–water partition coefficient (Wildman–Crippen LogP) is 1.05. The average Bonchev–Trinajstić information content (AvgIpc) is 2.48. The molecule has 20 heavy (non-hydrogen) atoms. The van der Waals surface area contributed by atoms with E-state index >= 15 is 0 Å². The minimum Gasteiger partial charge on any atom is -0.497 e. The number of methoxy groups -OCH3 is 1. The zero-order chi connectivity index (χ0) is 14.4. The van der Waals surface area contributed by atoms with E-state index in [0.29, 0.717) is 6.61 Å². The molecule has 0 spiro atoms. The second-order valence-corrected chi connectivity index (χ2v) is 5.22. The molecule has 1 N–H and O–H groups in total. The van der Waals surface area contributed by atoms with Gasteiger partial charge in [-0.05, 0) is 26.2 Å². The summed E-state index contributed by atoms with van der Waals surface area (Å²) in [6.45, 7) is 5.61. The van der Waals surface area contributed by atoms with E-state index in [2.05, 4.69) is 35.3 Å². The maximum absolute atomic E-state index is 5.94. The first-order valence-electron chi connectivity index (χ1n) is 7.12. The fourth-order valence-corrected chi connectivity index (χ4v) is 2.24. The Morgan fingerprint density at radius 2 is 2.00 bits per heavy atom. The van der Waals surface area contributed by atoms with Crippen molar-refractivity contribution in [3.8, 4) is 11.5 Å². The van der Waals surface area contributed by atoms with Crippen LogP contribution in [0.2, 0.25) is 0 Å². The van der Waals surface area contributed by atoms with Crippen molar-refractivity contribution in [2.75, 3.05) is 65.4 Å². The molecule has 1 fully saturated rings. The fraction of sp³-hybridized carbons (Fsp3) is 0.600. The maximum atomic E-state index is 5.94. The average molecular weight is 279 g/mol. The van der Waals surface area contributed by atoms with E-state index in [0.717, 1.165) is 49.9 Å². The van der Waals surface area contributed by atoms with Crippen LogP contribution in [0.4, 0.5) is 5.69 Å². The third-order valence-corrected chi connectivity index (χ3v) is 3.42. The number of nitrogens with zero attached hydrogens (tertiary/aromatic N) is 2. The van der Waals surface area contributed by atoms with Crippen LogP contribution in [0.5, 0.6) is 11.5 Å². The second-order valence-electron chi connectivity index (χ2n) is 5.22. The predicted molar refractivity (Wildman–Crippen MR) is 82.1 cm³/mol. The van der Waals surface area contributed by atoms with E-state index in [1.807, 2.05) is 12.1 Å². The summed E-state index contributed by atoms with van der Waals surface area (Å²) in [5, 5.41) is 3.37. The van der Waals surface area contributed by atoms with Crippen molar-refractivity contribution in [3.63, 3.8) is 0 Å². The Morgan fingerprint density at radius 1 is 1.25 bits per heavy atom. The second kappa shape index (κ2) is 7.36. The zero-order valence-electron chi connectivity index (χ0n) is 12.7. The van der Waals surface area contributed by atoms with Crippen LogP contribution in [0.1, 0.15) is 0 Å². The Bertz CT molecular complexity index is 418. The van der Waals surface area contributed by atoms with Gasteiger partial charge < -0.3 is 24.6 Å². The molecule has 1 aliphatic rings. The van der Waals surface area contributed by atoms with Crippen LogP contribution >= 0.6 is 0 Å². The van der Waals surface area contributed by atoms with Gasteiger partial charge in [0.05, 0.1) is 12.8 Å². The Balaban J connectivity index is 2.11. The molecule has 112 valence electrons. The fourth-order valence-electron chi connectivity index (χ4n) is 2.24. The van der Waals surface area contributed by atoms with Crippen LogP contribution < -0.4 is 19.7 Å². The molecule has 0 aromatic heterocycles. The van der Waals surface area contributed by atoms with E-state index in [9.17, 15) is 0 Å². The minimum absolute atomic E-state index is 0.693. The molecule has 1 aromatic rings. The van der Waals surface area contributed by atoms with Crippen molar-refractivity contribution in [2.24, 2.45) is 0 Å². The monoisotopic (exact) mass is 279 g/mol. The summed E-state index contributed by atoms with van der Waals surface area (Å²) in [7, 11) is 5.80. The summed E-state index contributed by atoms with van der Waals surface area (Å²) in [5.41, 5.74) is 1.13. The lowest BCUT2D eigenvalue weighted by atomic mass is 10.2. The Morgan fingerprint density at radius 3 is 2.65 bits per heavy atom. The van der Waals surface area contributed by atoms with Crippen molar-refractivity contribution in [3.05, 3.63) is 18.2 Å². The molecular formula is C15H25N3O2. The number of piperazine rings is 1. The molecule has 0 amide bonds. The summed E-state index contributed by atoms with van der Waals surface area (Å²) in [6, 6.07) is 6.03. The molecular weight excluding hydrogens is 254 g/mol. The number of anilines is 1. The van der Waals surface area contributed by atoms with Crippen molar-refractivity contribution < 1.29 is 9.47 Å². The molecule has 1 aliphatic heterocycles. The lowest BCUT2D eigenvalue weighted by Gasteiger charge is -2.31. The smallest absolute Gasteiger partial charge is 0.142 e. The number of hydrogen-bond acceptors (Lipinski definition) is 5. The molecule has 1 heterocycles. The molecule has 1 aromatic carbocycles. The Hall–Kier alpha value is -1.46. The van der Waals surface area contributed by atoms with Gasteiger partial charge in [0.2, 0.25) is 0 Å². The van der Waals surface area contributed by atoms with Crippen molar-refractivity contribution in [1.82, 2.24) is 10.2 Å². The first-order valence-corrected chi connectivity index (χ1v) is 7.12. The van der Waals surface area contributed by atoms with E-state index in [1.165, 1.54) is 0 Å². The zero-order valence-corrected chi connectivity index (χ0v) is 12.7. The van der Waals surface area contributed by atoms with Crippen LogP contribution in [0.25, 0.3) is 0 Å². The van der Waals surface area contributed by atoms with Gasteiger partial charge in [-0.25, -0.2) is 0 Å². The topological polar surface area (TPSA) is 37.0 Å². The van der Waals surface area contributed by atoms with Crippen LogP contribution in [0, 0.1) is 0 Å². The van der Waals surface area contributed by atoms with Crippen LogP contribution in [0.15, 0.2) is 18.2 Å². The third kappa shape index (κ3) is 4.02. The number of likely N-dealkylation sites (N-methyl/N-ethyl adjacent to an activating group) is 1. The van der Waals surface area contributed by atoms with Crippen molar-refractivity contribution >= 4 is 5.69 Å². The minimum atomic E-state index is 0.693. The molecule has 0 saturated carbocycles. The summed E-state index contributed by atoms with van der Waals surface area (Å²) in [6.07, 6.45) is 0. The quantitative estimate of drug-likeness (QED) is 0.842. The van der Waals surface area contributed by atoms with Crippen molar-refractivity contribution in [1.29, 1.82) is 0 Å². The van der Waals surface area contributed by atoms with Gasteiger partial charge in [0.1, 0.15) is 18.1 Å². The normalized spacial score (nSPS) is 15.5. The first kappa shape index (κ1) is 14.9. The van der Waals surface area contributed by atoms with E-state index in [4.69, 9.17) is 9.47 Å². The maximum Gasteiger partial charge on any atom is 0.142 e. The molecule has 2 rings (SSSR count). The van der Waals surface area contributed by atoms with Gasteiger partial charge in [0.25, 0.3) is 0 Å². The standard InChI is InChI=1S/C15H25N3O2/c1-17(2)10-11-20-15-5-4-13(19-3)12-14(15)18-8-6-16-7-9-18/h4-5,12,16H,6-11H2,1-3H3. The number of ether oxygens (including phenoxy) is 2. The first-order chi connectivity index (χ1) is 9.70. The summed E-state index contributed by atoms with van der Waals surface area (Å²) in [4.78, 5) is 4.47. The van der Waals surface area contributed by atoms with Gasteiger partial charge in [-0.15, -0.1) is 0 Å². The Kier molecular flexibility index (Phi) is 5.49. The molecule has 0 bridgehead atoms. The van der Waals surface area contributed by atoms with Crippen LogP contribution in [-0.2, 0) is 0 Å². The van der Waals surface area contributed by atoms with Gasteiger partial charge >= 0.3 is 0 Å². The Labute approximate surface area is 121 Å². The molecule has 0 radical (unpaired) electrons. The lowest BCUT2D eigenvalue weighted by molar-refractivity contribution is 0.261. The number of benzene rings is 1. The highest BCUT2D eigenvalue weighted by Crippen LogP contribution is 2.32. The summed E-state index contributed by atoms with van der Waals surface area (Å²) >= 11 is 0. The summed E-state index contributed by atoms with van der Waals surface area (Å²) in [5.74, 6) is 1.81. The third-order valence-electron chi connectivity index (χ3n) is 3.42. The largest absolute Gasteiger partial charge is 0.497 e. The number of rotatable bonds is 6. The molecule has 5 heteroatoms. The number of hydrogen-bond donors (Lipinski definition) is 1. The summed E-state index contributed by atoms with van der Waals surface area (Å²) < 4.78 is 11.3. The van der Waals surface area contributed by atoms with Gasteiger partial charge in [-0.2, -0.15) is 0 Å². The van der Waals surface area contributed by atoms with Gasteiger partial charge in [0, 0.05) is 38.8 Å². The highest BCUT2D eigenvalue weighted by atomic mass is 16.5. The molecule has 5 nitrogen and oxygen atoms in total. The molecule has 0 aliphatic carbocycles. The highest BCUT2D eigenvalue weighted by molar-refractivity contribution is 5.62. The van der Waals surface area contributed by atoms with E-state index in [-0.39, 0.29) is 0 Å². The lowest BCUT2D eigenvalue weighted by Crippen LogP contribution is -2.43. The van der Waals surface area contributed by atoms with E-state index in [1.54, 1.807) is 7.11 Å². The number of nitrogens with one attached hydrogen (secondary N) is 1. The van der Waals surface area contributed by atoms with Crippen LogP contribution in [-0.4, -0.2) is 65.4 Å².